The van der Waals surface area contributed by atoms with Crippen LogP contribution < -0.4 is 0 Å². The number of hydrogen-bond donors (Lipinski definition) is 0. The van der Waals surface area contributed by atoms with Gasteiger partial charge in [-0.2, -0.15) is 0 Å². The van der Waals surface area contributed by atoms with Gasteiger partial charge in [-0.15, -0.1) is 11.3 Å². The number of imidazole rings is 1. The summed E-state index contributed by atoms with van der Waals surface area (Å²) in [6, 6.07) is 0.0612. The van der Waals surface area contributed by atoms with Crippen LogP contribution in [0.4, 0.5) is 4.79 Å². The van der Waals surface area contributed by atoms with Crippen molar-refractivity contribution in [2.45, 2.75) is 69.0 Å². The summed E-state index contributed by atoms with van der Waals surface area (Å²) in [6.07, 6.45) is 9.08. The van der Waals surface area contributed by atoms with Crippen LogP contribution in [0.3, 0.4) is 0 Å². The van der Waals surface area contributed by atoms with Gasteiger partial charge in [0.25, 0.3) is 0 Å². The molecule has 2 atom stereocenters. The van der Waals surface area contributed by atoms with Gasteiger partial charge in [0, 0.05) is 30.1 Å². The molecule has 9 heteroatoms. The number of fused-ring (bicyclic) bond motifs is 1. The Morgan fingerprint density at radius 1 is 1.47 bits per heavy atom. The molecule has 1 fully saturated rings. The van der Waals surface area contributed by atoms with Gasteiger partial charge in [-0.1, -0.05) is 45.2 Å². The van der Waals surface area contributed by atoms with Crippen molar-refractivity contribution >= 4 is 42.3 Å². The van der Waals surface area contributed by atoms with Crippen LogP contribution in [0, 0.1) is 0 Å². The van der Waals surface area contributed by atoms with Crippen LogP contribution in [-0.4, -0.2) is 60.2 Å². The molecule has 6 nitrogen and oxygen atoms in total. The first-order valence-electron chi connectivity index (χ1n) is 10.3. The third-order valence-electron chi connectivity index (χ3n) is 6.06. The number of carbonyl (C=O) groups excluding carboxylic acids is 1. The summed E-state index contributed by atoms with van der Waals surface area (Å²) in [5, 5.41) is 1.12. The van der Waals surface area contributed by atoms with E-state index in [1.54, 1.807) is 29.2 Å². The zero-order valence-corrected chi connectivity index (χ0v) is 21.4. The fourth-order valence-corrected chi connectivity index (χ4v) is 6.46. The molecular weight excluding hydrogens is 434 g/mol. The Kier molecular flexibility index (Phi) is 7.06. The van der Waals surface area contributed by atoms with E-state index in [-0.39, 0.29) is 29.9 Å². The van der Waals surface area contributed by atoms with E-state index in [0.29, 0.717) is 6.54 Å². The number of amides is 1. The maximum Gasteiger partial charge on any atom is 0.410 e. The van der Waals surface area contributed by atoms with Crippen molar-refractivity contribution in [3.05, 3.63) is 29.9 Å². The second kappa shape index (κ2) is 9.06. The molecule has 1 amide bonds. The number of thioether (sulfide) groups is 1. The van der Waals surface area contributed by atoms with Crippen molar-refractivity contribution in [1.82, 2.24) is 14.3 Å². The number of thiazole rings is 1. The number of carbonyl (C=O) groups is 1. The van der Waals surface area contributed by atoms with E-state index in [0.717, 1.165) is 22.8 Å². The monoisotopic (exact) mass is 467 g/mol. The fraction of sp³-hybridized carbons (Fsp3) is 0.619. The molecule has 1 aliphatic rings. The summed E-state index contributed by atoms with van der Waals surface area (Å²) >= 11 is 3.36. The average Bonchev–Trinajstić information content (AvgIpc) is 3.32. The Hall–Kier alpha value is -1.29. The van der Waals surface area contributed by atoms with Gasteiger partial charge in [0.05, 0.1) is 12.3 Å². The Labute approximate surface area is 188 Å². The van der Waals surface area contributed by atoms with Gasteiger partial charge in [-0.3, -0.25) is 4.40 Å². The van der Waals surface area contributed by atoms with Crippen molar-refractivity contribution < 1.29 is 14.0 Å². The molecule has 0 N–H and O–H groups in total. The van der Waals surface area contributed by atoms with E-state index < -0.39 is 8.32 Å². The molecule has 1 aliphatic heterocycles. The maximum atomic E-state index is 12.7. The van der Waals surface area contributed by atoms with Crippen LogP contribution in [-0.2, 0) is 15.6 Å². The molecule has 2 aromatic heterocycles. The molecule has 0 aromatic carbocycles. The van der Waals surface area contributed by atoms with Crippen molar-refractivity contribution in [2.75, 3.05) is 19.4 Å². The van der Waals surface area contributed by atoms with E-state index in [1.807, 2.05) is 17.4 Å². The van der Waals surface area contributed by atoms with Gasteiger partial charge in [-0.05, 0) is 30.8 Å². The molecule has 0 bridgehead atoms. The minimum absolute atomic E-state index is 0.0431. The Balaban J connectivity index is 1.78. The maximum absolute atomic E-state index is 12.7. The van der Waals surface area contributed by atoms with Gasteiger partial charge < -0.3 is 14.1 Å². The number of ether oxygens (including phenoxy) is 1. The van der Waals surface area contributed by atoms with E-state index >= 15 is 0 Å². The van der Waals surface area contributed by atoms with E-state index in [9.17, 15) is 4.79 Å². The highest BCUT2D eigenvalue weighted by atomic mass is 32.2. The molecule has 2 aromatic rings. The largest absolute Gasteiger partial charge is 0.445 e. The van der Waals surface area contributed by atoms with Crippen LogP contribution in [0.2, 0.25) is 18.1 Å². The zero-order valence-electron chi connectivity index (χ0n) is 18.8. The van der Waals surface area contributed by atoms with Crippen LogP contribution >= 0.6 is 23.1 Å². The Morgan fingerprint density at radius 2 is 2.20 bits per heavy atom. The van der Waals surface area contributed by atoms with Crippen molar-refractivity contribution in [2.24, 2.45) is 0 Å². The van der Waals surface area contributed by atoms with Crippen molar-refractivity contribution in [3.63, 3.8) is 0 Å². The first-order chi connectivity index (χ1) is 14.1. The number of nitrogens with zero attached hydrogens (tertiary/aromatic N) is 3. The Morgan fingerprint density at radius 3 is 2.83 bits per heavy atom. The van der Waals surface area contributed by atoms with Crippen LogP contribution in [0.15, 0.2) is 30.2 Å². The second-order valence-electron chi connectivity index (χ2n) is 9.26. The minimum atomic E-state index is -1.92. The van der Waals surface area contributed by atoms with Gasteiger partial charge in [0.2, 0.25) is 0 Å². The highest BCUT2D eigenvalue weighted by Crippen LogP contribution is 2.39. The topological polar surface area (TPSA) is 56.1 Å². The lowest BCUT2D eigenvalue weighted by molar-refractivity contribution is 0.103. The molecule has 0 spiro atoms. The van der Waals surface area contributed by atoms with Gasteiger partial charge in [0.1, 0.15) is 11.4 Å². The standard InChI is InChI=1S/C21H33N3O3S2Si/c1-8-9-26-20(25)23-13-16(27-30(6,7)21(2,3)4)10-15(23)11-17-14-24-18(29-17)12-22-19(24)28-5/h8,12,14-16H,1,9-11,13H2,2-7H3/t15-,16+/m0/s1. The minimum Gasteiger partial charge on any atom is -0.445 e. The van der Waals surface area contributed by atoms with E-state index in [1.165, 1.54) is 4.88 Å². The molecule has 1 saturated heterocycles. The third kappa shape index (κ3) is 4.95. The summed E-state index contributed by atoms with van der Waals surface area (Å²) in [6.45, 7) is 15.7. The van der Waals surface area contributed by atoms with Gasteiger partial charge in [-0.25, -0.2) is 9.78 Å². The molecule has 3 heterocycles. The summed E-state index contributed by atoms with van der Waals surface area (Å²) < 4.78 is 14.2. The lowest BCUT2D eigenvalue weighted by Crippen LogP contribution is -2.44. The van der Waals surface area contributed by atoms with E-state index in [2.05, 4.69) is 56.0 Å². The molecular formula is C21H33N3O3S2Si. The fourth-order valence-electron chi connectivity index (χ4n) is 3.49. The number of rotatable bonds is 7. The molecule has 3 rings (SSSR count). The smallest absolute Gasteiger partial charge is 0.410 e. The summed E-state index contributed by atoms with van der Waals surface area (Å²) in [4.78, 5) is 21.4. The molecule has 0 unspecified atom stereocenters. The van der Waals surface area contributed by atoms with Crippen molar-refractivity contribution in [1.29, 1.82) is 0 Å². The lowest BCUT2D eigenvalue weighted by Gasteiger charge is -2.38. The predicted octanol–water partition coefficient (Wildman–Crippen LogP) is 5.45. The number of aromatic nitrogens is 2. The number of hydrogen-bond acceptors (Lipinski definition) is 6. The zero-order chi connectivity index (χ0) is 22.1. The normalized spacial score (nSPS) is 20.1. The molecule has 0 radical (unpaired) electrons. The molecule has 30 heavy (non-hydrogen) atoms. The molecule has 0 aliphatic carbocycles. The quantitative estimate of drug-likeness (QED) is 0.308. The summed E-state index contributed by atoms with van der Waals surface area (Å²) in [7, 11) is -1.92. The number of likely N-dealkylation sites (tertiary alicyclic amines) is 1. The lowest BCUT2D eigenvalue weighted by atomic mass is 10.1. The van der Waals surface area contributed by atoms with E-state index in [4.69, 9.17) is 9.16 Å². The first kappa shape index (κ1) is 23.4. The van der Waals surface area contributed by atoms with Crippen LogP contribution in [0.5, 0.6) is 0 Å². The predicted molar refractivity (Wildman–Crippen MR) is 127 cm³/mol. The highest BCUT2D eigenvalue weighted by molar-refractivity contribution is 7.98. The first-order valence-corrected chi connectivity index (χ1v) is 15.2. The summed E-state index contributed by atoms with van der Waals surface area (Å²) in [5.41, 5.74) is 0. The van der Waals surface area contributed by atoms with Crippen LogP contribution in [0.1, 0.15) is 32.1 Å². The van der Waals surface area contributed by atoms with Gasteiger partial charge in [0.15, 0.2) is 13.5 Å². The van der Waals surface area contributed by atoms with Crippen LogP contribution in [0.25, 0.3) is 4.83 Å². The Bertz CT molecular complexity index is 903. The summed E-state index contributed by atoms with van der Waals surface area (Å²) in [5.74, 6) is 0. The van der Waals surface area contributed by atoms with Gasteiger partial charge >= 0.3 is 6.09 Å². The average molecular weight is 468 g/mol. The third-order valence-corrected chi connectivity index (χ3v) is 12.3. The molecule has 0 saturated carbocycles. The molecule has 166 valence electrons. The highest BCUT2D eigenvalue weighted by Gasteiger charge is 2.44. The SMILES string of the molecule is C=CCOC(=O)N1C[C@H](O[Si](C)(C)C(C)(C)C)C[C@H]1Cc1cn2c(SC)ncc2s1. The van der Waals surface area contributed by atoms with Crippen molar-refractivity contribution in [3.8, 4) is 0 Å². The second-order valence-corrected chi connectivity index (χ2v) is 15.9.